The van der Waals surface area contributed by atoms with Crippen LogP contribution in [0, 0.1) is 11.3 Å². The Labute approximate surface area is 135 Å². The Morgan fingerprint density at radius 1 is 1.14 bits per heavy atom. The van der Waals surface area contributed by atoms with Gasteiger partial charge in [-0.2, -0.15) is 0 Å². The number of rotatable bonds is 10. The summed E-state index contributed by atoms with van der Waals surface area (Å²) in [5.74, 6) is 0.291. The molecule has 2 nitrogen and oxygen atoms in total. The molecule has 2 heteroatoms. The van der Waals surface area contributed by atoms with Gasteiger partial charge in [-0.15, -0.1) is 6.58 Å². The van der Waals surface area contributed by atoms with Gasteiger partial charge in [0.2, 0.25) is 0 Å². The smallest absolute Gasteiger partial charge is 0.157 e. The molecule has 0 spiro atoms. The predicted molar refractivity (Wildman–Crippen MR) is 94.3 cm³/mol. The second kappa shape index (κ2) is 8.87. The van der Waals surface area contributed by atoms with Gasteiger partial charge in [-0.05, 0) is 48.3 Å². The molecule has 0 saturated carbocycles. The van der Waals surface area contributed by atoms with Crippen LogP contribution in [-0.4, -0.2) is 10.2 Å². The molecule has 2 N–H and O–H groups in total. The molecular formula is C20H32O2. The largest absolute Gasteiger partial charge is 0.504 e. The number of hydrogen-bond acceptors (Lipinski definition) is 2. The van der Waals surface area contributed by atoms with Crippen LogP contribution in [0.25, 0.3) is 0 Å². The second-order valence-electron chi connectivity index (χ2n) is 7.20. The molecule has 1 aromatic carbocycles. The van der Waals surface area contributed by atoms with Crippen LogP contribution in [0.4, 0.5) is 0 Å². The molecule has 0 amide bonds. The van der Waals surface area contributed by atoms with Gasteiger partial charge in [0.25, 0.3) is 0 Å². The van der Waals surface area contributed by atoms with Crippen molar-refractivity contribution in [3.63, 3.8) is 0 Å². The van der Waals surface area contributed by atoms with Gasteiger partial charge in [-0.25, -0.2) is 0 Å². The zero-order valence-corrected chi connectivity index (χ0v) is 14.4. The summed E-state index contributed by atoms with van der Waals surface area (Å²) in [6.45, 7) is 10.9. The monoisotopic (exact) mass is 304 g/mol. The summed E-state index contributed by atoms with van der Waals surface area (Å²) < 4.78 is 0. The fourth-order valence-corrected chi connectivity index (χ4v) is 3.08. The maximum absolute atomic E-state index is 9.61. The van der Waals surface area contributed by atoms with Crippen LogP contribution in [0.3, 0.4) is 0 Å². The Morgan fingerprint density at radius 3 is 2.45 bits per heavy atom. The molecule has 0 bridgehead atoms. The molecule has 0 aliphatic heterocycles. The highest BCUT2D eigenvalue weighted by atomic mass is 16.3. The minimum atomic E-state index is -0.0600. The van der Waals surface area contributed by atoms with Crippen molar-refractivity contribution in [1.82, 2.24) is 0 Å². The van der Waals surface area contributed by atoms with Crippen LogP contribution in [-0.2, 0) is 6.42 Å². The molecule has 0 fully saturated rings. The SMILES string of the molecule is C=CC(Cc1ccc(O)c(O)c1)CC(C)(C)CCCCCC. The molecule has 22 heavy (non-hydrogen) atoms. The summed E-state index contributed by atoms with van der Waals surface area (Å²) in [7, 11) is 0. The van der Waals surface area contributed by atoms with E-state index in [-0.39, 0.29) is 11.5 Å². The zero-order valence-electron chi connectivity index (χ0n) is 14.4. The van der Waals surface area contributed by atoms with Gasteiger partial charge in [-0.3, -0.25) is 0 Å². The average Bonchev–Trinajstić information content (AvgIpc) is 2.46. The van der Waals surface area contributed by atoms with E-state index >= 15 is 0 Å². The molecule has 1 rings (SSSR count). The molecule has 0 aliphatic rings. The van der Waals surface area contributed by atoms with Crippen LogP contribution < -0.4 is 0 Å². The van der Waals surface area contributed by atoms with Crippen molar-refractivity contribution in [2.75, 3.05) is 0 Å². The van der Waals surface area contributed by atoms with E-state index in [2.05, 4.69) is 27.4 Å². The number of unbranched alkanes of at least 4 members (excludes halogenated alkanes) is 3. The van der Waals surface area contributed by atoms with E-state index in [1.807, 2.05) is 12.1 Å². The number of aromatic hydroxyl groups is 2. The Bertz CT molecular complexity index is 463. The topological polar surface area (TPSA) is 40.5 Å². The lowest BCUT2D eigenvalue weighted by Gasteiger charge is -2.28. The quantitative estimate of drug-likeness (QED) is 0.324. The summed E-state index contributed by atoms with van der Waals surface area (Å²) in [6.07, 6.45) is 10.5. The van der Waals surface area contributed by atoms with Gasteiger partial charge in [-0.1, -0.05) is 58.6 Å². The first-order valence-corrected chi connectivity index (χ1v) is 8.51. The van der Waals surface area contributed by atoms with E-state index in [1.165, 1.54) is 32.1 Å². The van der Waals surface area contributed by atoms with E-state index in [4.69, 9.17) is 0 Å². The van der Waals surface area contributed by atoms with Crippen molar-refractivity contribution in [3.8, 4) is 11.5 Å². The van der Waals surface area contributed by atoms with Crippen molar-refractivity contribution in [3.05, 3.63) is 36.4 Å². The summed E-state index contributed by atoms with van der Waals surface area (Å²) >= 11 is 0. The van der Waals surface area contributed by atoms with Crippen LogP contribution >= 0.6 is 0 Å². The van der Waals surface area contributed by atoms with Gasteiger partial charge in [0.1, 0.15) is 0 Å². The van der Waals surface area contributed by atoms with Crippen LogP contribution in [0.5, 0.6) is 11.5 Å². The van der Waals surface area contributed by atoms with Crippen molar-refractivity contribution < 1.29 is 10.2 Å². The summed E-state index contributed by atoms with van der Waals surface area (Å²) in [5, 5.41) is 19.0. The molecule has 1 atom stereocenters. The minimum absolute atomic E-state index is 0.0425. The molecule has 1 aromatic rings. The first kappa shape index (κ1) is 18.6. The third kappa shape index (κ3) is 6.55. The van der Waals surface area contributed by atoms with E-state index in [9.17, 15) is 10.2 Å². The van der Waals surface area contributed by atoms with Gasteiger partial charge in [0, 0.05) is 0 Å². The Hall–Kier alpha value is -1.44. The van der Waals surface area contributed by atoms with Crippen LogP contribution in [0.2, 0.25) is 0 Å². The Kier molecular flexibility index (Phi) is 7.50. The maximum atomic E-state index is 9.61. The molecular weight excluding hydrogens is 272 g/mol. The Balaban J connectivity index is 2.55. The van der Waals surface area contributed by atoms with E-state index in [0.29, 0.717) is 11.3 Å². The number of benzene rings is 1. The van der Waals surface area contributed by atoms with Gasteiger partial charge >= 0.3 is 0 Å². The number of phenols is 2. The summed E-state index contributed by atoms with van der Waals surface area (Å²) in [6, 6.07) is 5.08. The molecule has 1 unspecified atom stereocenters. The summed E-state index contributed by atoms with van der Waals surface area (Å²) in [4.78, 5) is 0. The molecule has 0 aromatic heterocycles. The van der Waals surface area contributed by atoms with Crippen LogP contribution in [0.1, 0.15) is 64.9 Å². The fourth-order valence-electron chi connectivity index (χ4n) is 3.08. The third-order valence-corrected chi connectivity index (χ3v) is 4.39. The number of phenolic OH excluding ortho intramolecular Hbond substituents is 2. The zero-order chi connectivity index (χ0) is 16.6. The lowest BCUT2D eigenvalue weighted by Crippen LogP contribution is -2.17. The van der Waals surface area contributed by atoms with Crippen molar-refractivity contribution in [2.45, 2.75) is 65.7 Å². The van der Waals surface area contributed by atoms with Gasteiger partial charge in [0.15, 0.2) is 11.5 Å². The first-order chi connectivity index (χ1) is 10.4. The van der Waals surface area contributed by atoms with E-state index in [0.717, 1.165) is 18.4 Å². The highest BCUT2D eigenvalue weighted by Gasteiger charge is 2.22. The van der Waals surface area contributed by atoms with Crippen molar-refractivity contribution in [2.24, 2.45) is 11.3 Å². The predicted octanol–water partition coefficient (Wildman–Crippen LogP) is 5.83. The first-order valence-electron chi connectivity index (χ1n) is 8.51. The average molecular weight is 304 g/mol. The number of hydrogen-bond donors (Lipinski definition) is 2. The van der Waals surface area contributed by atoms with Gasteiger partial charge in [0.05, 0.1) is 0 Å². The number of allylic oxidation sites excluding steroid dienone is 1. The molecule has 0 heterocycles. The Morgan fingerprint density at radius 2 is 1.86 bits per heavy atom. The second-order valence-corrected chi connectivity index (χ2v) is 7.20. The lowest BCUT2D eigenvalue weighted by molar-refractivity contribution is 0.259. The van der Waals surface area contributed by atoms with Crippen molar-refractivity contribution in [1.29, 1.82) is 0 Å². The fraction of sp³-hybridized carbons (Fsp3) is 0.600. The normalized spacial score (nSPS) is 13.0. The maximum Gasteiger partial charge on any atom is 0.157 e. The van der Waals surface area contributed by atoms with Crippen LogP contribution in [0.15, 0.2) is 30.9 Å². The lowest BCUT2D eigenvalue weighted by atomic mass is 9.77. The molecule has 0 radical (unpaired) electrons. The van der Waals surface area contributed by atoms with E-state index in [1.54, 1.807) is 12.1 Å². The van der Waals surface area contributed by atoms with Gasteiger partial charge < -0.3 is 10.2 Å². The molecule has 124 valence electrons. The summed E-state index contributed by atoms with van der Waals surface area (Å²) in [5.41, 5.74) is 1.35. The highest BCUT2D eigenvalue weighted by molar-refractivity contribution is 5.40. The molecule has 0 saturated heterocycles. The standard InChI is InChI=1S/C20H32O2/c1-5-7-8-9-12-20(3,4)15-16(6-2)13-17-10-11-18(21)19(22)14-17/h6,10-11,14,16,21-22H,2,5,7-9,12-13,15H2,1,3-4H3. The minimum Gasteiger partial charge on any atom is -0.504 e. The third-order valence-electron chi connectivity index (χ3n) is 4.39. The van der Waals surface area contributed by atoms with E-state index < -0.39 is 0 Å². The highest BCUT2D eigenvalue weighted by Crippen LogP contribution is 2.34. The molecule has 0 aliphatic carbocycles. The van der Waals surface area contributed by atoms with Crippen molar-refractivity contribution >= 4 is 0 Å².